The zero-order chi connectivity index (χ0) is 21.0. The van der Waals surface area contributed by atoms with E-state index in [1.165, 1.54) is 4.31 Å². The molecule has 6 nitrogen and oxygen atoms in total. The van der Waals surface area contributed by atoms with E-state index in [9.17, 15) is 18.0 Å². The van der Waals surface area contributed by atoms with Gasteiger partial charge in [0.2, 0.25) is 10.0 Å². The molecular formula is C22H25NO5S. The van der Waals surface area contributed by atoms with Gasteiger partial charge < -0.3 is 4.74 Å². The van der Waals surface area contributed by atoms with Crippen molar-refractivity contribution >= 4 is 27.5 Å². The van der Waals surface area contributed by atoms with Crippen LogP contribution in [-0.4, -0.2) is 39.1 Å². The van der Waals surface area contributed by atoms with Gasteiger partial charge in [-0.3, -0.25) is 13.9 Å². The van der Waals surface area contributed by atoms with Crippen LogP contribution >= 0.6 is 0 Å². The van der Waals surface area contributed by atoms with Crippen LogP contribution in [0.3, 0.4) is 0 Å². The van der Waals surface area contributed by atoms with Gasteiger partial charge in [0.15, 0.2) is 12.4 Å². The maximum Gasteiger partial charge on any atom is 0.306 e. The summed E-state index contributed by atoms with van der Waals surface area (Å²) in [6.07, 6.45) is 0.759. The smallest absolute Gasteiger partial charge is 0.306 e. The Labute approximate surface area is 171 Å². The normalized spacial score (nSPS) is 14.3. The highest BCUT2D eigenvalue weighted by atomic mass is 32.2. The van der Waals surface area contributed by atoms with Gasteiger partial charge in [-0.1, -0.05) is 37.3 Å². The van der Waals surface area contributed by atoms with Crippen molar-refractivity contribution in [3.05, 3.63) is 65.2 Å². The predicted molar refractivity (Wildman–Crippen MR) is 112 cm³/mol. The van der Waals surface area contributed by atoms with E-state index in [0.717, 1.165) is 11.1 Å². The number of hydrogen-bond acceptors (Lipinski definition) is 5. The van der Waals surface area contributed by atoms with Crippen LogP contribution in [-0.2, 0) is 26.0 Å². The number of carbonyl (C=O) groups is 2. The fourth-order valence-electron chi connectivity index (χ4n) is 3.43. The van der Waals surface area contributed by atoms with Gasteiger partial charge in [0, 0.05) is 12.1 Å². The van der Waals surface area contributed by atoms with Crippen molar-refractivity contribution < 1.29 is 22.7 Å². The lowest BCUT2D eigenvalue weighted by Crippen LogP contribution is -2.30. The Balaban J connectivity index is 1.58. The predicted octanol–water partition coefficient (Wildman–Crippen LogP) is 3.32. The first-order valence-corrected chi connectivity index (χ1v) is 11.3. The van der Waals surface area contributed by atoms with E-state index in [1.54, 1.807) is 25.1 Å². The third-order valence-corrected chi connectivity index (χ3v) is 6.94. The van der Waals surface area contributed by atoms with Gasteiger partial charge in [-0.2, -0.15) is 0 Å². The minimum Gasteiger partial charge on any atom is -0.457 e. The monoisotopic (exact) mass is 415 g/mol. The van der Waals surface area contributed by atoms with Crippen molar-refractivity contribution in [3.63, 3.8) is 0 Å². The van der Waals surface area contributed by atoms with Gasteiger partial charge >= 0.3 is 5.97 Å². The molecule has 7 heteroatoms. The molecule has 0 N–H and O–H groups in total. The molecule has 0 amide bonds. The van der Waals surface area contributed by atoms with Crippen LogP contribution in [0.5, 0.6) is 0 Å². The molecule has 0 radical (unpaired) electrons. The van der Waals surface area contributed by atoms with Crippen molar-refractivity contribution in [3.8, 4) is 0 Å². The lowest BCUT2D eigenvalue weighted by atomic mass is 9.98. The number of nitrogens with zero attached hydrogens (tertiary/aromatic N) is 1. The summed E-state index contributed by atoms with van der Waals surface area (Å²) in [4.78, 5) is 24.5. The van der Waals surface area contributed by atoms with Crippen LogP contribution in [0.15, 0.2) is 48.5 Å². The second kappa shape index (κ2) is 8.78. The number of rotatable bonds is 8. The van der Waals surface area contributed by atoms with Crippen molar-refractivity contribution in [1.29, 1.82) is 0 Å². The summed E-state index contributed by atoms with van der Waals surface area (Å²) in [7, 11) is -3.32. The Bertz CT molecular complexity index is 1000. The third kappa shape index (κ3) is 4.85. The fraction of sp³-hybridized carbons (Fsp3) is 0.364. The lowest BCUT2D eigenvalue weighted by Gasteiger charge is -2.18. The molecular weight excluding hydrogens is 390 g/mol. The summed E-state index contributed by atoms with van der Waals surface area (Å²) in [6.45, 7) is 3.61. The highest BCUT2D eigenvalue weighted by Gasteiger charge is 2.28. The first-order valence-electron chi connectivity index (χ1n) is 9.69. The van der Waals surface area contributed by atoms with Crippen LogP contribution in [0.4, 0.5) is 5.69 Å². The largest absolute Gasteiger partial charge is 0.457 e. The Morgan fingerprint density at radius 2 is 1.86 bits per heavy atom. The molecule has 2 aromatic rings. The minimum atomic E-state index is -3.32. The molecule has 0 bridgehead atoms. The Kier molecular flexibility index (Phi) is 6.37. The molecule has 0 aromatic heterocycles. The number of Topliss-reactive ketones (excluding diaryl/α,β-unsaturated/α-hetero) is 1. The third-order valence-electron chi connectivity index (χ3n) is 5.16. The van der Waals surface area contributed by atoms with E-state index in [4.69, 9.17) is 4.74 Å². The first kappa shape index (κ1) is 21.0. The van der Waals surface area contributed by atoms with Crippen LogP contribution < -0.4 is 4.31 Å². The molecule has 2 aromatic carbocycles. The number of benzene rings is 2. The van der Waals surface area contributed by atoms with E-state index in [1.807, 2.05) is 37.3 Å². The van der Waals surface area contributed by atoms with Gasteiger partial charge in [0.25, 0.3) is 0 Å². The zero-order valence-corrected chi connectivity index (χ0v) is 17.4. The van der Waals surface area contributed by atoms with Gasteiger partial charge in [-0.15, -0.1) is 0 Å². The summed E-state index contributed by atoms with van der Waals surface area (Å²) < 4.78 is 30.9. The molecule has 1 aliphatic rings. The molecule has 1 aliphatic heterocycles. The molecule has 3 rings (SSSR count). The van der Waals surface area contributed by atoms with Crippen molar-refractivity contribution in [2.45, 2.75) is 32.6 Å². The average molecular weight is 416 g/mol. The molecule has 0 saturated heterocycles. The number of anilines is 1. The van der Waals surface area contributed by atoms with E-state index >= 15 is 0 Å². The molecule has 1 heterocycles. The molecule has 0 saturated carbocycles. The molecule has 29 heavy (non-hydrogen) atoms. The summed E-state index contributed by atoms with van der Waals surface area (Å²) >= 11 is 0. The molecule has 0 aliphatic carbocycles. The topological polar surface area (TPSA) is 80.8 Å². The lowest BCUT2D eigenvalue weighted by molar-refractivity contribution is -0.142. The number of esters is 1. The van der Waals surface area contributed by atoms with Gasteiger partial charge in [-0.05, 0) is 48.6 Å². The number of ether oxygens (including phenoxy) is 1. The van der Waals surface area contributed by atoms with Gasteiger partial charge in [0.05, 0.1) is 17.9 Å². The van der Waals surface area contributed by atoms with Gasteiger partial charge in [-0.25, -0.2) is 8.42 Å². The average Bonchev–Trinajstić information content (AvgIpc) is 3.16. The van der Waals surface area contributed by atoms with Crippen molar-refractivity contribution in [2.24, 2.45) is 0 Å². The standard InChI is InChI=1S/C22H25NO5S/c1-3-29(26,27)23-12-11-18-14-19(9-10-20(18)23)21(24)15-28-22(25)13-16(2)17-7-5-4-6-8-17/h4-10,14,16H,3,11-13,15H2,1-2H3/t16-/m0/s1. The van der Waals surface area contributed by atoms with E-state index < -0.39 is 16.0 Å². The van der Waals surface area contributed by atoms with Crippen molar-refractivity contribution in [1.82, 2.24) is 0 Å². The van der Waals surface area contributed by atoms with Crippen LogP contribution in [0.1, 0.15) is 47.7 Å². The number of ketones is 1. The Morgan fingerprint density at radius 3 is 2.55 bits per heavy atom. The summed E-state index contributed by atoms with van der Waals surface area (Å²) in [6, 6.07) is 14.6. The number of sulfonamides is 1. The molecule has 0 spiro atoms. The number of hydrogen-bond donors (Lipinski definition) is 0. The highest BCUT2D eigenvalue weighted by molar-refractivity contribution is 7.92. The molecule has 1 atom stereocenters. The highest BCUT2D eigenvalue weighted by Crippen LogP contribution is 2.31. The maximum absolute atomic E-state index is 12.4. The molecule has 154 valence electrons. The first-order chi connectivity index (χ1) is 13.8. The zero-order valence-electron chi connectivity index (χ0n) is 16.6. The number of fused-ring (bicyclic) bond motifs is 1. The van der Waals surface area contributed by atoms with Crippen LogP contribution in [0, 0.1) is 0 Å². The number of carbonyl (C=O) groups excluding carboxylic acids is 2. The summed E-state index contributed by atoms with van der Waals surface area (Å²) in [5.74, 6) is -0.684. The van der Waals surface area contributed by atoms with E-state index in [-0.39, 0.29) is 30.5 Å². The Hall–Kier alpha value is -2.67. The van der Waals surface area contributed by atoms with E-state index in [2.05, 4.69) is 0 Å². The SMILES string of the molecule is CCS(=O)(=O)N1CCc2cc(C(=O)COC(=O)C[C@H](C)c3ccccc3)ccc21. The van der Waals surface area contributed by atoms with Gasteiger partial charge in [0.1, 0.15) is 0 Å². The van der Waals surface area contributed by atoms with Crippen molar-refractivity contribution in [2.75, 3.05) is 23.2 Å². The summed E-state index contributed by atoms with van der Waals surface area (Å²) in [5, 5.41) is 0. The quantitative estimate of drug-likeness (QED) is 0.488. The van der Waals surface area contributed by atoms with E-state index in [0.29, 0.717) is 24.2 Å². The second-order valence-electron chi connectivity index (χ2n) is 7.17. The molecule has 0 fully saturated rings. The summed E-state index contributed by atoms with van der Waals surface area (Å²) in [5.41, 5.74) is 2.90. The Morgan fingerprint density at radius 1 is 1.14 bits per heavy atom. The molecule has 0 unspecified atom stereocenters. The minimum absolute atomic E-state index is 0.00490. The van der Waals surface area contributed by atoms with Crippen LogP contribution in [0.25, 0.3) is 0 Å². The van der Waals surface area contributed by atoms with Crippen LogP contribution in [0.2, 0.25) is 0 Å². The maximum atomic E-state index is 12.4. The fourth-order valence-corrected chi connectivity index (χ4v) is 4.59. The second-order valence-corrected chi connectivity index (χ2v) is 9.35.